The maximum atomic E-state index is 5.07. The Morgan fingerprint density at radius 3 is 2.67 bits per heavy atom. The smallest absolute Gasteiger partial charge is 0.118 e. The number of rotatable bonds is 3. The summed E-state index contributed by atoms with van der Waals surface area (Å²) in [5, 5.41) is 0. The van der Waals surface area contributed by atoms with Crippen molar-refractivity contribution in [2.75, 3.05) is 7.11 Å². The summed E-state index contributed by atoms with van der Waals surface area (Å²) in [4.78, 5) is 0. The zero-order chi connectivity index (χ0) is 7.11. The van der Waals surface area contributed by atoms with Crippen LogP contribution in [-0.4, -0.2) is 7.11 Å². The quantitative estimate of drug-likeness (QED) is 0.454. The fourth-order valence-corrected chi connectivity index (χ4v) is 0.370. The first-order valence-electron chi connectivity index (χ1n) is 2.60. The molecular formula is C7H11NO. The largest absolute Gasteiger partial charge is 0.497 e. The van der Waals surface area contributed by atoms with Gasteiger partial charge >= 0.3 is 0 Å². The molecule has 9 heavy (non-hydrogen) atoms. The van der Waals surface area contributed by atoms with E-state index in [1.165, 1.54) is 6.20 Å². The predicted octanol–water partition coefficient (Wildman–Crippen LogP) is 1.18. The zero-order valence-electron chi connectivity index (χ0n) is 5.50. The Balaban J connectivity index is 3.90. The molecule has 0 radical (unpaired) electrons. The average Bonchev–Trinajstić information content (AvgIpc) is 1.91. The Hall–Kier alpha value is -1.18. The molecule has 0 aromatic carbocycles. The highest BCUT2D eigenvalue weighted by atomic mass is 16.5. The van der Waals surface area contributed by atoms with Crippen LogP contribution in [0.2, 0.25) is 0 Å². The number of ether oxygens (including phenoxy) is 1. The molecular weight excluding hydrogens is 114 g/mol. The predicted molar refractivity (Wildman–Crippen MR) is 38.6 cm³/mol. The van der Waals surface area contributed by atoms with E-state index >= 15 is 0 Å². The van der Waals surface area contributed by atoms with E-state index in [1.807, 2.05) is 0 Å². The van der Waals surface area contributed by atoms with Gasteiger partial charge in [0.25, 0.3) is 0 Å². The van der Waals surface area contributed by atoms with Crippen LogP contribution in [0.15, 0.2) is 36.8 Å². The van der Waals surface area contributed by atoms with E-state index in [4.69, 9.17) is 10.5 Å². The van der Waals surface area contributed by atoms with Crippen molar-refractivity contribution in [1.82, 2.24) is 0 Å². The second-order valence-electron chi connectivity index (χ2n) is 1.36. The molecule has 2 heteroatoms. The first-order chi connectivity index (χ1) is 4.35. The monoisotopic (exact) mass is 125 g/mol. The van der Waals surface area contributed by atoms with Crippen molar-refractivity contribution in [3.8, 4) is 0 Å². The van der Waals surface area contributed by atoms with Gasteiger partial charge in [-0.2, -0.15) is 0 Å². The highest BCUT2D eigenvalue weighted by Gasteiger charge is 1.80. The Morgan fingerprint density at radius 1 is 1.67 bits per heavy atom. The summed E-state index contributed by atoms with van der Waals surface area (Å²) in [6, 6.07) is 0. The van der Waals surface area contributed by atoms with Crippen LogP contribution in [0.3, 0.4) is 0 Å². The first-order valence-corrected chi connectivity index (χ1v) is 2.60. The third kappa shape index (κ3) is 3.41. The van der Waals surface area contributed by atoms with Crippen molar-refractivity contribution in [3.63, 3.8) is 0 Å². The molecule has 0 rings (SSSR count). The number of hydrogen-bond donors (Lipinski definition) is 1. The van der Waals surface area contributed by atoms with Gasteiger partial charge in [-0.05, 0) is 24.4 Å². The van der Waals surface area contributed by atoms with Gasteiger partial charge in [0.15, 0.2) is 0 Å². The number of methoxy groups -OCH3 is 1. The Bertz CT molecular complexity index is 136. The molecule has 0 aromatic heterocycles. The number of nitrogens with two attached hydrogens (primary N) is 1. The lowest BCUT2D eigenvalue weighted by atomic mass is 10.4. The molecule has 0 aliphatic heterocycles. The van der Waals surface area contributed by atoms with Gasteiger partial charge in [-0.3, -0.25) is 0 Å². The first kappa shape index (κ1) is 7.82. The second-order valence-corrected chi connectivity index (χ2v) is 1.36. The van der Waals surface area contributed by atoms with E-state index in [9.17, 15) is 0 Å². The van der Waals surface area contributed by atoms with E-state index in [2.05, 4.69) is 6.58 Å². The van der Waals surface area contributed by atoms with Gasteiger partial charge in [-0.1, -0.05) is 6.58 Å². The molecule has 0 atom stereocenters. The normalized spacial score (nSPS) is 11.9. The molecule has 0 aliphatic rings. The molecule has 2 N–H and O–H groups in total. The van der Waals surface area contributed by atoms with Crippen LogP contribution in [0.5, 0.6) is 0 Å². The fourth-order valence-electron chi connectivity index (χ4n) is 0.370. The van der Waals surface area contributed by atoms with Gasteiger partial charge < -0.3 is 10.5 Å². The molecule has 2 nitrogen and oxygen atoms in total. The van der Waals surface area contributed by atoms with Crippen LogP contribution >= 0.6 is 0 Å². The lowest BCUT2D eigenvalue weighted by Gasteiger charge is -1.94. The van der Waals surface area contributed by atoms with Gasteiger partial charge in [0, 0.05) is 0 Å². The molecule has 0 aliphatic carbocycles. The van der Waals surface area contributed by atoms with Crippen molar-refractivity contribution < 1.29 is 4.74 Å². The van der Waals surface area contributed by atoms with Gasteiger partial charge in [-0.25, -0.2) is 0 Å². The van der Waals surface area contributed by atoms with Gasteiger partial charge in [0.05, 0.1) is 7.11 Å². The number of hydrogen-bond acceptors (Lipinski definition) is 2. The molecule has 0 saturated heterocycles. The van der Waals surface area contributed by atoms with E-state index < -0.39 is 0 Å². The summed E-state index contributed by atoms with van der Waals surface area (Å²) >= 11 is 0. The third-order valence-corrected chi connectivity index (χ3v) is 0.808. The van der Waals surface area contributed by atoms with E-state index in [1.54, 1.807) is 25.3 Å². The van der Waals surface area contributed by atoms with Gasteiger partial charge in [0.2, 0.25) is 0 Å². The molecule has 50 valence electrons. The Labute approximate surface area is 55.3 Å². The topological polar surface area (TPSA) is 35.2 Å². The minimum Gasteiger partial charge on any atom is -0.497 e. The zero-order valence-corrected chi connectivity index (χ0v) is 5.50. The highest BCUT2D eigenvalue weighted by molar-refractivity contribution is 5.15. The molecule has 0 bridgehead atoms. The van der Waals surface area contributed by atoms with E-state index in [-0.39, 0.29) is 0 Å². The summed E-state index contributed by atoms with van der Waals surface area (Å²) in [6.07, 6.45) is 6.45. The lowest BCUT2D eigenvalue weighted by Crippen LogP contribution is -1.79. The summed E-state index contributed by atoms with van der Waals surface area (Å²) < 4.78 is 4.84. The summed E-state index contributed by atoms with van der Waals surface area (Å²) in [6.45, 7) is 3.52. The third-order valence-electron chi connectivity index (χ3n) is 0.808. The second kappa shape index (κ2) is 4.97. The van der Waals surface area contributed by atoms with E-state index in [0.29, 0.717) is 5.76 Å². The Morgan fingerprint density at radius 2 is 2.33 bits per heavy atom. The minimum absolute atomic E-state index is 0.705. The molecule has 0 heterocycles. The van der Waals surface area contributed by atoms with Crippen LogP contribution in [0, 0.1) is 0 Å². The maximum absolute atomic E-state index is 5.07. The Kier molecular flexibility index (Phi) is 4.32. The number of allylic oxidation sites excluding steroid dienone is 3. The molecule has 0 fully saturated rings. The summed E-state index contributed by atoms with van der Waals surface area (Å²) in [5.74, 6) is 0.705. The summed E-state index contributed by atoms with van der Waals surface area (Å²) in [5.41, 5.74) is 5.07. The average molecular weight is 125 g/mol. The fraction of sp³-hybridized carbons (Fsp3) is 0.143. The van der Waals surface area contributed by atoms with Gasteiger partial charge in [-0.15, -0.1) is 0 Å². The van der Waals surface area contributed by atoms with Crippen molar-refractivity contribution in [2.24, 2.45) is 5.73 Å². The lowest BCUT2D eigenvalue weighted by molar-refractivity contribution is 0.307. The van der Waals surface area contributed by atoms with Gasteiger partial charge in [0.1, 0.15) is 5.76 Å². The van der Waals surface area contributed by atoms with E-state index in [0.717, 1.165) is 0 Å². The minimum atomic E-state index is 0.705. The molecule has 0 spiro atoms. The summed E-state index contributed by atoms with van der Waals surface area (Å²) in [7, 11) is 1.58. The van der Waals surface area contributed by atoms with Crippen molar-refractivity contribution in [2.45, 2.75) is 0 Å². The van der Waals surface area contributed by atoms with Crippen LogP contribution < -0.4 is 5.73 Å². The van der Waals surface area contributed by atoms with Crippen LogP contribution in [0.25, 0.3) is 0 Å². The van der Waals surface area contributed by atoms with Crippen LogP contribution in [-0.2, 0) is 4.74 Å². The highest BCUT2D eigenvalue weighted by Crippen LogP contribution is 1.94. The molecule has 0 saturated carbocycles. The van der Waals surface area contributed by atoms with Crippen LogP contribution in [0.1, 0.15) is 0 Å². The SMILES string of the molecule is C=C/C(=C\C=C/N)OC. The van der Waals surface area contributed by atoms with Crippen molar-refractivity contribution in [1.29, 1.82) is 0 Å². The standard InChI is InChI=1S/C7H11NO/c1-3-7(9-2)5-4-6-8/h3-6H,1,8H2,2H3/b6-4-,7-5+. The molecule has 0 aromatic rings. The van der Waals surface area contributed by atoms with Crippen LogP contribution in [0.4, 0.5) is 0 Å². The maximum Gasteiger partial charge on any atom is 0.118 e. The van der Waals surface area contributed by atoms with Crippen molar-refractivity contribution >= 4 is 0 Å². The molecule has 0 amide bonds. The molecule has 0 unspecified atom stereocenters. The van der Waals surface area contributed by atoms with Crippen molar-refractivity contribution in [3.05, 3.63) is 36.8 Å².